The lowest BCUT2D eigenvalue weighted by molar-refractivity contribution is 0.272. The first-order valence-corrected chi connectivity index (χ1v) is 10.3. The van der Waals surface area contributed by atoms with E-state index in [1.54, 1.807) is 0 Å². The molecule has 0 aliphatic carbocycles. The summed E-state index contributed by atoms with van der Waals surface area (Å²) in [6.45, 7) is 3.91. The smallest absolute Gasteiger partial charge is 0.170 e. The zero-order valence-electron chi connectivity index (χ0n) is 17.1. The molecule has 0 bridgehead atoms. The molecule has 2 unspecified atom stereocenters. The number of aryl methyl sites for hydroxylation is 1. The fraction of sp³-hybridized carbons (Fsp3) is 0.304. The number of nitrogens with one attached hydrogen (secondary N) is 1. The van der Waals surface area contributed by atoms with E-state index in [1.165, 1.54) is 11.3 Å². The number of rotatable bonds is 6. The summed E-state index contributed by atoms with van der Waals surface area (Å²) in [5.41, 5.74) is 4.62. The van der Waals surface area contributed by atoms with Gasteiger partial charge < -0.3 is 19.7 Å². The van der Waals surface area contributed by atoms with Crippen LogP contribution < -0.4 is 5.32 Å². The fourth-order valence-corrected chi connectivity index (χ4v) is 4.26. The first-order valence-electron chi connectivity index (χ1n) is 9.91. The molecule has 5 nitrogen and oxygen atoms in total. The van der Waals surface area contributed by atoms with Crippen LogP contribution in [0.2, 0.25) is 0 Å². The molecular weight excluding hydrogens is 378 g/mol. The molecule has 0 radical (unpaired) electrons. The summed E-state index contributed by atoms with van der Waals surface area (Å²) in [4.78, 5) is 9.12. The Balaban J connectivity index is 1.78. The van der Waals surface area contributed by atoms with Crippen molar-refractivity contribution in [2.45, 2.75) is 19.0 Å². The van der Waals surface area contributed by atoms with Gasteiger partial charge in [0, 0.05) is 36.9 Å². The van der Waals surface area contributed by atoms with Crippen molar-refractivity contribution in [3.05, 3.63) is 83.9 Å². The van der Waals surface area contributed by atoms with Gasteiger partial charge in [0.05, 0.1) is 17.8 Å². The summed E-state index contributed by atoms with van der Waals surface area (Å²) < 4.78 is 2.27. The summed E-state index contributed by atoms with van der Waals surface area (Å²) in [7, 11) is 4.18. The number of benzene rings is 1. The second-order valence-electron chi connectivity index (χ2n) is 7.77. The highest BCUT2D eigenvalue weighted by molar-refractivity contribution is 7.80. The molecule has 1 aromatic carbocycles. The average Bonchev–Trinajstić information content (AvgIpc) is 3.31. The first kappa shape index (κ1) is 19.6. The summed E-state index contributed by atoms with van der Waals surface area (Å²) in [6.07, 6.45) is 3.98. The molecule has 1 aliphatic heterocycles. The Morgan fingerprint density at radius 1 is 1.10 bits per heavy atom. The van der Waals surface area contributed by atoms with E-state index in [0.717, 1.165) is 29.6 Å². The fourth-order valence-electron chi connectivity index (χ4n) is 3.92. The maximum absolute atomic E-state index is 5.76. The van der Waals surface area contributed by atoms with Crippen molar-refractivity contribution in [2.75, 3.05) is 27.2 Å². The third-order valence-corrected chi connectivity index (χ3v) is 5.70. The van der Waals surface area contributed by atoms with Crippen LogP contribution in [0.15, 0.2) is 67.0 Å². The minimum atomic E-state index is 0.00400. The number of aromatic nitrogens is 2. The normalized spacial score (nSPS) is 19.0. The molecule has 3 heterocycles. The number of likely N-dealkylation sites (N-methyl/N-ethyl adjacent to an activating group) is 1. The molecule has 0 saturated carbocycles. The summed E-state index contributed by atoms with van der Waals surface area (Å²) >= 11 is 5.76. The van der Waals surface area contributed by atoms with Crippen LogP contribution in [0.25, 0.3) is 5.69 Å². The standard InChI is InChI=1S/C23H27N5S/c1-17-8-6-9-18(16-17)27-13-7-11-20(27)22-21(19-10-4-5-12-24-19)25-23(29)28(22)15-14-26(2)3/h4-13,16,21-22H,14-15H2,1-3H3,(H,25,29). The number of thiocarbonyl (C=S) groups is 1. The second-order valence-corrected chi connectivity index (χ2v) is 8.15. The van der Waals surface area contributed by atoms with E-state index in [1.807, 2.05) is 18.3 Å². The van der Waals surface area contributed by atoms with Crippen LogP contribution in [0.3, 0.4) is 0 Å². The SMILES string of the molecule is Cc1cccc(-n2cccc2C2C(c3ccccn3)NC(=S)N2CCN(C)C)c1. The number of pyridine rings is 1. The monoisotopic (exact) mass is 405 g/mol. The predicted octanol–water partition coefficient (Wildman–Crippen LogP) is 3.71. The lowest BCUT2D eigenvalue weighted by atomic mass is 10.0. The van der Waals surface area contributed by atoms with Gasteiger partial charge in [-0.05, 0) is 75.2 Å². The average molecular weight is 406 g/mol. The topological polar surface area (TPSA) is 36.3 Å². The summed E-state index contributed by atoms with van der Waals surface area (Å²) in [5.74, 6) is 0. The molecule has 0 amide bonds. The van der Waals surface area contributed by atoms with Gasteiger partial charge in [0.25, 0.3) is 0 Å². The van der Waals surface area contributed by atoms with Crippen molar-refractivity contribution in [1.29, 1.82) is 0 Å². The largest absolute Gasteiger partial charge is 0.352 e. The zero-order chi connectivity index (χ0) is 20.4. The van der Waals surface area contributed by atoms with Crippen molar-refractivity contribution >= 4 is 17.3 Å². The lowest BCUT2D eigenvalue weighted by Crippen LogP contribution is -2.36. The van der Waals surface area contributed by atoms with Crippen LogP contribution in [-0.2, 0) is 0 Å². The Morgan fingerprint density at radius 3 is 2.69 bits per heavy atom. The summed E-state index contributed by atoms with van der Waals surface area (Å²) in [6, 6.07) is 19.0. The van der Waals surface area contributed by atoms with Gasteiger partial charge in [-0.1, -0.05) is 18.2 Å². The van der Waals surface area contributed by atoms with Crippen molar-refractivity contribution in [2.24, 2.45) is 0 Å². The number of nitrogens with zero attached hydrogens (tertiary/aromatic N) is 4. The lowest BCUT2D eigenvalue weighted by Gasteiger charge is -2.29. The minimum absolute atomic E-state index is 0.00400. The van der Waals surface area contributed by atoms with Crippen molar-refractivity contribution in [3.8, 4) is 5.69 Å². The van der Waals surface area contributed by atoms with E-state index in [-0.39, 0.29) is 12.1 Å². The first-order chi connectivity index (χ1) is 14.0. The van der Waals surface area contributed by atoms with Gasteiger partial charge in [0.2, 0.25) is 0 Å². The Kier molecular flexibility index (Phi) is 5.65. The van der Waals surface area contributed by atoms with Crippen LogP contribution in [-0.4, -0.2) is 51.6 Å². The maximum atomic E-state index is 5.76. The van der Waals surface area contributed by atoms with E-state index in [9.17, 15) is 0 Å². The van der Waals surface area contributed by atoms with Crippen LogP contribution in [0.1, 0.15) is 29.0 Å². The third-order valence-electron chi connectivity index (χ3n) is 5.35. The highest BCUT2D eigenvalue weighted by Crippen LogP contribution is 2.39. The van der Waals surface area contributed by atoms with E-state index < -0.39 is 0 Å². The molecule has 2 atom stereocenters. The van der Waals surface area contributed by atoms with Crippen molar-refractivity contribution in [1.82, 2.24) is 24.7 Å². The highest BCUT2D eigenvalue weighted by Gasteiger charge is 2.41. The summed E-state index contributed by atoms with van der Waals surface area (Å²) in [5, 5.41) is 4.32. The van der Waals surface area contributed by atoms with Crippen molar-refractivity contribution < 1.29 is 0 Å². The van der Waals surface area contributed by atoms with Gasteiger partial charge >= 0.3 is 0 Å². The molecule has 1 aliphatic rings. The van der Waals surface area contributed by atoms with Crippen LogP contribution in [0.4, 0.5) is 0 Å². The molecule has 6 heteroatoms. The highest BCUT2D eigenvalue weighted by atomic mass is 32.1. The van der Waals surface area contributed by atoms with Crippen LogP contribution in [0, 0.1) is 6.92 Å². The van der Waals surface area contributed by atoms with Crippen molar-refractivity contribution in [3.63, 3.8) is 0 Å². The van der Waals surface area contributed by atoms with Gasteiger partial charge in [0.15, 0.2) is 5.11 Å². The van der Waals surface area contributed by atoms with Crippen LogP contribution in [0.5, 0.6) is 0 Å². The Labute approximate surface area is 178 Å². The second kappa shape index (κ2) is 8.35. The molecule has 4 rings (SSSR count). The van der Waals surface area contributed by atoms with Gasteiger partial charge in [-0.25, -0.2) is 0 Å². The van der Waals surface area contributed by atoms with Gasteiger partial charge in [-0.15, -0.1) is 0 Å². The Bertz CT molecular complexity index is 982. The minimum Gasteiger partial charge on any atom is -0.352 e. The predicted molar refractivity (Wildman–Crippen MR) is 121 cm³/mol. The van der Waals surface area contributed by atoms with E-state index in [4.69, 9.17) is 12.2 Å². The number of hydrogen-bond acceptors (Lipinski definition) is 3. The molecule has 1 saturated heterocycles. The molecule has 1 fully saturated rings. The Hall–Kier alpha value is -2.70. The molecule has 150 valence electrons. The molecule has 3 aromatic rings. The molecule has 2 aromatic heterocycles. The molecule has 0 spiro atoms. The Morgan fingerprint density at radius 2 is 1.97 bits per heavy atom. The van der Waals surface area contributed by atoms with E-state index in [0.29, 0.717) is 0 Å². The zero-order valence-corrected chi connectivity index (χ0v) is 17.9. The van der Waals surface area contributed by atoms with E-state index >= 15 is 0 Å². The van der Waals surface area contributed by atoms with E-state index in [2.05, 4.69) is 94.3 Å². The van der Waals surface area contributed by atoms with Gasteiger partial charge in [-0.2, -0.15) is 0 Å². The molecular formula is C23H27N5S. The molecule has 29 heavy (non-hydrogen) atoms. The van der Waals surface area contributed by atoms with Crippen LogP contribution >= 0.6 is 12.2 Å². The van der Waals surface area contributed by atoms with Gasteiger partial charge in [-0.3, -0.25) is 4.98 Å². The maximum Gasteiger partial charge on any atom is 0.170 e. The molecule has 1 N–H and O–H groups in total. The number of hydrogen-bond donors (Lipinski definition) is 1. The quantitative estimate of drug-likeness (QED) is 0.633. The third kappa shape index (κ3) is 4.04. The van der Waals surface area contributed by atoms with Gasteiger partial charge in [0.1, 0.15) is 0 Å².